The fourth-order valence-corrected chi connectivity index (χ4v) is 3.22. The van der Waals surface area contributed by atoms with Gasteiger partial charge in [-0.3, -0.25) is 24.0 Å². The summed E-state index contributed by atoms with van der Waals surface area (Å²) in [5.74, 6) is -4.24. The summed E-state index contributed by atoms with van der Waals surface area (Å²) in [6, 6.07) is -3.63. The van der Waals surface area contributed by atoms with Gasteiger partial charge in [-0.25, -0.2) is 0 Å². The highest BCUT2D eigenvalue weighted by molar-refractivity contribution is 5.92. The second-order valence-corrected chi connectivity index (χ2v) is 7.89. The van der Waals surface area contributed by atoms with Crippen LogP contribution in [0, 0.1) is 0 Å². The number of carbonyl (C=O) groups is 5. The van der Waals surface area contributed by atoms with Crippen molar-refractivity contribution in [2.75, 3.05) is 6.54 Å². The van der Waals surface area contributed by atoms with Crippen LogP contribution in [0.25, 0.3) is 0 Å². The van der Waals surface area contributed by atoms with Crippen molar-refractivity contribution >= 4 is 29.6 Å². The molecule has 0 bridgehead atoms. The summed E-state index contributed by atoms with van der Waals surface area (Å²) >= 11 is 0. The molecule has 15 nitrogen and oxygen atoms in total. The Bertz CT molecular complexity index is 766. The third-order valence-corrected chi connectivity index (χ3v) is 5.08. The number of aliphatic carboxylic acids is 1. The van der Waals surface area contributed by atoms with E-state index in [0.717, 1.165) is 0 Å². The summed E-state index contributed by atoms with van der Waals surface area (Å²) in [7, 11) is 0. The second-order valence-electron chi connectivity index (χ2n) is 7.89. The first-order chi connectivity index (χ1) is 15.8. The molecular weight excluding hydrogens is 458 g/mol. The van der Waals surface area contributed by atoms with Gasteiger partial charge in [-0.05, 0) is 20.3 Å². The zero-order chi connectivity index (χ0) is 26.2. The fraction of sp³-hybridized carbons (Fsp3) is 0.737. The van der Waals surface area contributed by atoms with Crippen molar-refractivity contribution in [1.29, 1.82) is 0 Å². The maximum Gasteiger partial charge on any atom is 0.303 e. The fourth-order valence-electron chi connectivity index (χ4n) is 3.22. The number of rotatable bonds is 12. The molecule has 194 valence electrons. The lowest BCUT2D eigenvalue weighted by Gasteiger charge is -2.43. The van der Waals surface area contributed by atoms with Gasteiger partial charge in [0.2, 0.25) is 23.6 Å². The Morgan fingerprint density at radius 1 is 1.09 bits per heavy atom. The standard InChI is InChI=1S/C19H33N5O10/c1-7(17(30)24-10(16(21)29)4-5-12(26)27)22-18(31)8(2)33-15-13(23-9(3)25)19(32)34-11(6-20)14(15)28/h7-8,10-11,13-15,19,28,32H,4-6,20H2,1-3H3,(H2,21,29)(H,22,31)(H,23,25)(H,24,30)(H,26,27)/t7?,8?,10?,11-,13-,14-,15-,19?/m1/s1. The van der Waals surface area contributed by atoms with Gasteiger partial charge in [-0.1, -0.05) is 0 Å². The Labute approximate surface area is 195 Å². The van der Waals surface area contributed by atoms with E-state index in [1.807, 2.05) is 0 Å². The number of hydrogen-bond donors (Lipinski definition) is 8. The molecule has 10 N–H and O–H groups in total. The number of ether oxygens (including phenoxy) is 2. The van der Waals surface area contributed by atoms with E-state index < -0.39 is 84.9 Å². The molecule has 1 aliphatic heterocycles. The van der Waals surface area contributed by atoms with E-state index in [1.165, 1.54) is 20.8 Å². The van der Waals surface area contributed by atoms with Gasteiger partial charge in [-0.15, -0.1) is 0 Å². The van der Waals surface area contributed by atoms with Gasteiger partial charge in [0.25, 0.3) is 0 Å². The van der Waals surface area contributed by atoms with Gasteiger partial charge in [0.1, 0.15) is 42.5 Å². The lowest BCUT2D eigenvalue weighted by atomic mass is 9.96. The predicted molar refractivity (Wildman–Crippen MR) is 113 cm³/mol. The van der Waals surface area contributed by atoms with Crippen LogP contribution in [0.4, 0.5) is 0 Å². The van der Waals surface area contributed by atoms with E-state index in [-0.39, 0.29) is 13.0 Å². The van der Waals surface area contributed by atoms with Crippen LogP contribution >= 0.6 is 0 Å². The number of carboxylic acids is 1. The van der Waals surface area contributed by atoms with Crippen molar-refractivity contribution in [3.63, 3.8) is 0 Å². The molecule has 1 aliphatic rings. The quantitative estimate of drug-likeness (QED) is 0.129. The molecule has 0 aliphatic carbocycles. The Balaban J connectivity index is 2.80. The lowest BCUT2D eigenvalue weighted by Crippen LogP contribution is -2.66. The molecule has 1 rings (SSSR count). The summed E-state index contributed by atoms with van der Waals surface area (Å²) < 4.78 is 10.8. The molecule has 0 aromatic carbocycles. The minimum atomic E-state index is -1.57. The molecule has 0 saturated carbocycles. The third-order valence-electron chi connectivity index (χ3n) is 5.08. The summed E-state index contributed by atoms with van der Waals surface area (Å²) in [6.07, 6.45) is -7.17. The molecule has 4 amide bonds. The first-order valence-electron chi connectivity index (χ1n) is 10.5. The Morgan fingerprint density at radius 3 is 2.21 bits per heavy atom. The van der Waals surface area contributed by atoms with Gasteiger partial charge in [0, 0.05) is 19.9 Å². The SMILES string of the molecule is CC(=O)N[C@H]1C(O)O[C@H](CN)[C@@H](O)[C@@H]1OC(C)C(=O)NC(C)C(=O)NC(CCC(=O)O)C(N)=O. The molecule has 0 aromatic heterocycles. The van der Waals surface area contributed by atoms with E-state index in [1.54, 1.807) is 0 Å². The van der Waals surface area contributed by atoms with Crippen molar-refractivity contribution in [2.45, 2.75) is 82.4 Å². The van der Waals surface area contributed by atoms with Gasteiger partial charge in [-0.2, -0.15) is 0 Å². The molecule has 34 heavy (non-hydrogen) atoms. The Kier molecular flexibility index (Phi) is 11.3. The van der Waals surface area contributed by atoms with E-state index in [2.05, 4.69) is 16.0 Å². The normalized spacial score (nSPS) is 27.1. The van der Waals surface area contributed by atoms with Crippen LogP contribution in [-0.2, 0) is 33.4 Å². The monoisotopic (exact) mass is 491 g/mol. The molecule has 1 fully saturated rings. The highest BCUT2D eigenvalue weighted by Crippen LogP contribution is 2.23. The maximum absolute atomic E-state index is 12.6. The van der Waals surface area contributed by atoms with Crippen molar-refractivity contribution in [3.8, 4) is 0 Å². The molecular formula is C19H33N5O10. The zero-order valence-electron chi connectivity index (χ0n) is 19.1. The van der Waals surface area contributed by atoms with E-state index in [0.29, 0.717) is 0 Å². The van der Waals surface area contributed by atoms with Crippen molar-refractivity contribution in [2.24, 2.45) is 11.5 Å². The average Bonchev–Trinajstić information content (AvgIpc) is 2.74. The molecule has 0 radical (unpaired) electrons. The van der Waals surface area contributed by atoms with Crippen LogP contribution in [0.2, 0.25) is 0 Å². The molecule has 15 heteroatoms. The van der Waals surface area contributed by atoms with Crippen molar-refractivity contribution in [1.82, 2.24) is 16.0 Å². The Hall–Kier alpha value is -2.85. The predicted octanol–water partition coefficient (Wildman–Crippen LogP) is -4.36. The largest absolute Gasteiger partial charge is 0.481 e. The first kappa shape index (κ1) is 29.2. The van der Waals surface area contributed by atoms with E-state index >= 15 is 0 Å². The van der Waals surface area contributed by atoms with Crippen LogP contribution in [0.15, 0.2) is 0 Å². The lowest BCUT2D eigenvalue weighted by molar-refractivity contribution is -0.258. The summed E-state index contributed by atoms with van der Waals surface area (Å²) in [5, 5.41) is 36.4. The molecule has 1 saturated heterocycles. The van der Waals surface area contributed by atoms with Gasteiger partial charge in [0.15, 0.2) is 6.29 Å². The molecule has 0 aromatic rings. The van der Waals surface area contributed by atoms with Crippen LogP contribution in [0.5, 0.6) is 0 Å². The van der Waals surface area contributed by atoms with Gasteiger partial charge in [0.05, 0.1) is 0 Å². The number of aliphatic hydroxyl groups is 2. The smallest absolute Gasteiger partial charge is 0.303 e. The third kappa shape index (κ3) is 8.49. The number of amides is 4. The van der Waals surface area contributed by atoms with Crippen molar-refractivity contribution in [3.05, 3.63) is 0 Å². The number of nitrogens with one attached hydrogen (secondary N) is 3. The Morgan fingerprint density at radius 2 is 1.71 bits per heavy atom. The highest BCUT2D eigenvalue weighted by atomic mass is 16.6. The number of carbonyl (C=O) groups excluding carboxylic acids is 4. The first-order valence-corrected chi connectivity index (χ1v) is 10.5. The van der Waals surface area contributed by atoms with Gasteiger partial charge < -0.3 is 52.2 Å². The van der Waals surface area contributed by atoms with Gasteiger partial charge >= 0.3 is 5.97 Å². The van der Waals surface area contributed by atoms with E-state index in [4.69, 9.17) is 26.0 Å². The maximum atomic E-state index is 12.6. The summed E-state index contributed by atoms with van der Waals surface area (Å²) in [6.45, 7) is 3.63. The second kappa shape index (κ2) is 13.1. The number of nitrogens with two attached hydrogens (primary N) is 2. The summed E-state index contributed by atoms with van der Waals surface area (Å²) in [5.41, 5.74) is 10.7. The van der Waals surface area contributed by atoms with Crippen LogP contribution in [0.1, 0.15) is 33.6 Å². The summed E-state index contributed by atoms with van der Waals surface area (Å²) in [4.78, 5) is 58.5. The molecule has 1 heterocycles. The molecule has 0 spiro atoms. The van der Waals surface area contributed by atoms with Crippen LogP contribution in [-0.4, -0.2) is 100 Å². The van der Waals surface area contributed by atoms with E-state index in [9.17, 15) is 34.2 Å². The number of aliphatic hydroxyl groups excluding tert-OH is 2. The molecule has 8 atom stereocenters. The van der Waals surface area contributed by atoms with Crippen LogP contribution < -0.4 is 27.4 Å². The highest BCUT2D eigenvalue weighted by Gasteiger charge is 2.46. The minimum absolute atomic E-state index is 0.175. The topological polar surface area (TPSA) is 253 Å². The minimum Gasteiger partial charge on any atom is -0.481 e. The molecule has 4 unspecified atom stereocenters. The number of carboxylic acid groups (broad SMARTS) is 1. The average molecular weight is 491 g/mol. The number of primary amides is 1. The van der Waals surface area contributed by atoms with Crippen LogP contribution in [0.3, 0.4) is 0 Å². The number of hydrogen-bond acceptors (Lipinski definition) is 10. The van der Waals surface area contributed by atoms with Crippen molar-refractivity contribution < 1.29 is 48.8 Å². The zero-order valence-corrected chi connectivity index (χ0v) is 19.1.